The van der Waals surface area contributed by atoms with Gasteiger partial charge >= 0.3 is 0 Å². The molecule has 3 rings (SSSR count). The number of halogens is 2. The van der Waals surface area contributed by atoms with Gasteiger partial charge < -0.3 is 5.32 Å². The van der Waals surface area contributed by atoms with Gasteiger partial charge in [-0.15, -0.1) is 0 Å². The van der Waals surface area contributed by atoms with Crippen LogP contribution in [0.25, 0.3) is 0 Å². The van der Waals surface area contributed by atoms with E-state index in [0.29, 0.717) is 0 Å². The lowest BCUT2D eigenvalue weighted by molar-refractivity contribution is 0.612. The molecule has 2 aromatic rings. The van der Waals surface area contributed by atoms with E-state index in [1.807, 2.05) is 12.1 Å². The SMILES string of the molecule is Cc1ccc(Br)c(NC2CCc3c(F)cccc32)c1. The van der Waals surface area contributed by atoms with Gasteiger partial charge in [0.1, 0.15) is 5.82 Å². The smallest absolute Gasteiger partial charge is 0.126 e. The molecule has 0 fully saturated rings. The number of aryl methyl sites for hydroxylation is 1. The summed E-state index contributed by atoms with van der Waals surface area (Å²) in [5.74, 6) is -0.0786. The molecule has 0 radical (unpaired) electrons. The van der Waals surface area contributed by atoms with Crippen LogP contribution in [-0.4, -0.2) is 0 Å². The largest absolute Gasteiger partial charge is 0.377 e. The summed E-state index contributed by atoms with van der Waals surface area (Å²) < 4.78 is 14.8. The minimum Gasteiger partial charge on any atom is -0.377 e. The van der Waals surface area contributed by atoms with E-state index in [1.165, 1.54) is 5.56 Å². The minimum absolute atomic E-state index is 0.0786. The average Bonchev–Trinajstić information content (AvgIpc) is 2.79. The first-order valence-corrected chi connectivity index (χ1v) is 7.24. The van der Waals surface area contributed by atoms with E-state index in [-0.39, 0.29) is 11.9 Å². The van der Waals surface area contributed by atoms with Crippen molar-refractivity contribution in [2.45, 2.75) is 25.8 Å². The molecule has 1 atom stereocenters. The summed E-state index contributed by atoms with van der Waals surface area (Å²) in [6.45, 7) is 2.07. The highest BCUT2D eigenvalue weighted by atomic mass is 79.9. The lowest BCUT2D eigenvalue weighted by atomic mass is 10.1. The molecule has 0 aromatic heterocycles. The maximum Gasteiger partial charge on any atom is 0.126 e. The third-order valence-corrected chi connectivity index (χ3v) is 4.36. The highest BCUT2D eigenvalue weighted by Gasteiger charge is 2.24. The Morgan fingerprint density at radius 2 is 2.11 bits per heavy atom. The number of benzene rings is 2. The van der Waals surface area contributed by atoms with Gasteiger partial charge in [-0.05, 0) is 70.6 Å². The van der Waals surface area contributed by atoms with Crippen molar-refractivity contribution in [1.29, 1.82) is 0 Å². The van der Waals surface area contributed by atoms with Gasteiger partial charge in [0.25, 0.3) is 0 Å². The summed E-state index contributed by atoms with van der Waals surface area (Å²) in [6, 6.07) is 11.8. The lowest BCUT2D eigenvalue weighted by Crippen LogP contribution is -2.07. The highest BCUT2D eigenvalue weighted by Crippen LogP contribution is 2.36. The van der Waals surface area contributed by atoms with E-state index in [9.17, 15) is 4.39 Å². The topological polar surface area (TPSA) is 12.0 Å². The molecular weight excluding hydrogens is 305 g/mol. The molecule has 98 valence electrons. The monoisotopic (exact) mass is 319 g/mol. The van der Waals surface area contributed by atoms with Crippen LogP contribution < -0.4 is 5.32 Å². The van der Waals surface area contributed by atoms with Crippen LogP contribution in [0, 0.1) is 12.7 Å². The predicted octanol–water partition coefficient (Wildman–Crippen LogP) is 5.00. The van der Waals surface area contributed by atoms with Crippen molar-refractivity contribution >= 4 is 21.6 Å². The van der Waals surface area contributed by atoms with Crippen LogP contribution in [0.4, 0.5) is 10.1 Å². The number of fused-ring (bicyclic) bond motifs is 1. The fourth-order valence-corrected chi connectivity index (χ4v) is 3.06. The van der Waals surface area contributed by atoms with Crippen molar-refractivity contribution in [1.82, 2.24) is 0 Å². The summed E-state index contributed by atoms with van der Waals surface area (Å²) in [5.41, 5.74) is 4.24. The van der Waals surface area contributed by atoms with Crippen LogP contribution in [-0.2, 0) is 6.42 Å². The fraction of sp³-hybridized carbons (Fsp3) is 0.250. The standard InChI is InChI=1S/C16H15BrFN/c1-10-5-7-13(17)16(9-10)19-15-8-6-11-12(15)3-2-4-14(11)18/h2-5,7,9,15,19H,6,8H2,1H3. The molecule has 1 nitrogen and oxygen atoms in total. The van der Waals surface area contributed by atoms with Crippen LogP contribution in [0.1, 0.15) is 29.2 Å². The van der Waals surface area contributed by atoms with E-state index in [2.05, 4.69) is 40.3 Å². The Bertz CT molecular complexity index is 624. The molecule has 0 spiro atoms. The zero-order valence-electron chi connectivity index (χ0n) is 10.7. The second-order valence-corrected chi connectivity index (χ2v) is 5.88. The Morgan fingerprint density at radius 3 is 2.95 bits per heavy atom. The van der Waals surface area contributed by atoms with Crippen molar-refractivity contribution in [3.8, 4) is 0 Å². The molecule has 0 saturated carbocycles. The number of rotatable bonds is 2. The van der Waals surface area contributed by atoms with Gasteiger partial charge in [-0.3, -0.25) is 0 Å². The highest BCUT2D eigenvalue weighted by molar-refractivity contribution is 9.10. The van der Waals surface area contributed by atoms with Gasteiger partial charge in [-0.2, -0.15) is 0 Å². The van der Waals surface area contributed by atoms with Crippen LogP contribution >= 0.6 is 15.9 Å². The molecule has 0 heterocycles. The Balaban J connectivity index is 1.91. The number of hydrogen-bond acceptors (Lipinski definition) is 1. The van der Waals surface area contributed by atoms with Crippen molar-refractivity contribution in [3.63, 3.8) is 0 Å². The predicted molar refractivity (Wildman–Crippen MR) is 80.0 cm³/mol. The van der Waals surface area contributed by atoms with Crippen LogP contribution in [0.3, 0.4) is 0 Å². The summed E-state index contributed by atoms with van der Waals surface area (Å²) in [6.07, 6.45) is 1.75. The van der Waals surface area contributed by atoms with E-state index in [0.717, 1.165) is 34.1 Å². The molecule has 1 unspecified atom stereocenters. The van der Waals surface area contributed by atoms with Gasteiger partial charge in [0.15, 0.2) is 0 Å². The van der Waals surface area contributed by atoms with Crippen LogP contribution in [0.2, 0.25) is 0 Å². The lowest BCUT2D eigenvalue weighted by Gasteiger charge is -2.17. The Hall–Kier alpha value is -1.35. The van der Waals surface area contributed by atoms with Gasteiger partial charge in [0.05, 0.1) is 6.04 Å². The third-order valence-electron chi connectivity index (χ3n) is 3.67. The van der Waals surface area contributed by atoms with E-state index < -0.39 is 0 Å². The zero-order valence-corrected chi connectivity index (χ0v) is 12.3. The summed E-state index contributed by atoms with van der Waals surface area (Å²) >= 11 is 3.56. The number of anilines is 1. The molecule has 19 heavy (non-hydrogen) atoms. The van der Waals surface area contributed by atoms with Gasteiger partial charge in [-0.1, -0.05) is 18.2 Å². The second kappa shape index (κ2) is 4.97. The number of hydrogen-bond donors (Lipinski definition) is 1. The Labute approximate surface area is 121 Å². The number of nitrogens with one attached hydrogen (secondary N) is 1. The quantitative estimate of drug-likeness (QED) is 0.821. The molecule has 0 bridgehead atoms. The van der Waals surface area contributed by atoms with Gasteiger partial charge in [0, 0.05) is 10.2 Å². The third kappa shape index (κ3) is 2.39. The van der Waals surface area contributed by atoms with Crippen molar-refractivity contribution in [2.75, 3.05) is 5.32 Å². The van der Waals surface area contributed by atoms with E-state index in [4.69, 9.17) is 0 Å². The van der Waals surface area contributed by atoms with E-state index >= 15 is 0 Å². The Kier molecular flexibility index (Phi) is 3.31. The first kappa shape index (κ1) is 12.7. The summed E-state index contributed by atoms with van der Waals surface area (Å²) in [5, 5.41) is 3.52. The van der Waals surface area contributed by atoms with Crippen LogP contribution in [0.15, 0.2) is 40.9 Å². The van der Waals surface area contributed by atoms with E-state index in [1.54, 1.807) is 12.1 Å². The van der Waals surface area contributed by atoms with Crippen molar-refractivity contribution in [2.24, 2.45) is 0 Å². The first-order chi connectivity index (χ1) is 9.15. The van der Waals surface area contributed by atoms with Crippen LogP contribution in [0.5, 0.6) is 0 Å². The molecule has 1 aliphatic carbocycles. The summed E-state index contributed by atoms with van der Waals surface area (Å²) in [4.78, 5) is 0. The maximum atomic E-state index is 13.7. The molecular formula is C16H15BrFN. The normalized spacial score (nSPS) is 17.3. The maximum absolute atomic E-state index is 13.7. The molecule has 1 aliphatic rings. The average molecular weight is 320 g/mol. The Morgan fingerprint density at radius 1 is 1.26 bits per heavy atom. The second-order valence-electron chi connectivity index (χ2n) is 5.03. The molecule has 3 heteroatoms. The molecule has 0 amide bonds. The molecule has 0 aliphatic heterocycles. The summed E-state index contributed by atoms with van der Waals surface area (Å²) in [7, 11) is 0. The molecule has 1 N–H and O–H groups in total. The molecule has 0 saturated heterocycles. The van der Waals surface area contributed by atoms with Gasteiger partial charge in [-0.25, -0.2) is 4.39 Å². The van der Waals surface area contributed by atoms with Gasteiger partial charge in [0.2, 0.25) is 0 Å². The molecule has 2 aromatic carbocycles. The minimum atomic E-state index is -0.0786. The van der Waals surface area contributed by atoms with Crippen molar-refractivity contribution < 1.29 is 4.39 Å². The van der Waals surface area contributed by atoms with Crippen molar-refractivity contribution in [3.05, 3.63) is 63.4 Å². The first-order valence-electron chi connectivity index (χ1n) is 6.45. The zero-order chi connectivity index (χ0) is 13.4. The fourth-order valence-electron chi connectivity index (χ4n) is 2.70.